The molecule has 1 aliphatic rings. The van der Waals surface area contributed by atoms with Gasteiger partial charge in [-0.3, -0.25) is 14.5 Å². The highest BCUT2D eigenvalue weighted by Crippen LogP contribution is 2.33. The fourth-order valence-electron chi connectivity index (χ4n) is 5.27. The van der Waals surface area contributed by atoms with Crippen molar-refractivity contribution in [2.24, 2.45) is 0 Å². The van der Waals surface area contributed by atoms with Crippen LogP contribution in [0.2, 0.25) is 0 Å². The van der Waals surface area contributed by atoms with E-state index in [2.05, 4.69) is 5.32 Å². The summed E-state index contributed by atoms with van der Waals surface area (Å²) in [5, 5.41) is 2.81. The van der Waals surface area contributed by atoms with Gasteiger partial charge in [-0.25, -0.2) is 4.79 Å². The van der Waals surface area contributed by atoms with Gasteiger partial charge in [-0.15, -0.1) is 0 Å². The molecule has 0 spiro atoms. The third-order valence-corrected chi connectivity index (χ3v) is 7.32. The van der Waals surface area contributed by atoms with Crippen LogP contribution < -0.4 is 5.32 Å². The van der Waals surface area contributed by atoms with Crippen LogP contribution in [0, 0.1) is 0 Å². The molecule has 45 heavy (non-hydrogen) atoms. The Morgan fingerprint density at radius 2 is 1.36 bits per heavy atom. The molecule has 0 aromatic heterocycles. The van der Waals surface area contributed by atoms with E-state index in [4.69, 9.17) is 18.9 Å². The first-order valence-electron chi connectivity index (χ1n) is 15.2. The molecule has 1 aliphatic heterocycles. The highest BCUT2D eigenvalue weighted by atomic mass is 16.7. The number of hydrogen-bond donors (Lipinski definition) is 1. The van der Waals surface area contributed by atoms with Crippen LogP contribution in [0.5, 0.6) is 0 Å². The van der Waals surface area contributed by atoms with Gasteiger partial charge in [-0.05, 0) is 56.9 Å². The van der Waals surface area contributed by atoms with Gasteiger partial charge in [0, 0.05) is 13.2 Å². The standard InChI is InChI=1S/C36H42N2O7/c1-6-43-36(5,44-7-2)24-42-34-30(37-29(39)23-26-17-11-8-12-18-26)33(40)38(34)31(25(3)4)35(41)45-32(27-19-13-9-14-20-27)28-21-15-10-16-22-28/h8-22,30,32,34H,6-7,23-24H2,1-5H3,(H,37,39)/t30-,34-/m0/s1. The zero-order chi connectivity index (χ0) is 32.4. The first-order valence-corrected chi connectivity index (χ1v) is 15.2. The molecule has 238 valence electrons. The van der Waals surface area contributed by atoms with Gasteiger partial charge in [0.05, 0.1) is 6.42 Å². The van der Waals surface area contributed by atoms with Crippen molar-refractivity contribution in [2.45, 2.75) is 65.2 Å². The highest BCUT2D eigenvalue weighted by Gasteiger charge is 2.53. The molecule has 9 heteroatoms. The Morgan fingerprint density at radius 3 is 1.84 bits per heavy atom. The normalized spacial score (nSPS) is 16.2. The average molecular weight is 615 g/mol. The number of allylic oxidation sites excluding steroid dienone is 1. The second-order valence-electron chi connectivity index (χ2n) is 11.1. The van der Waals surface area contributed by atoms with Crippen LogP contribution in [0.1, 0.15) is 57.4 Å². The van der Waals surface area contributed by atoms with Crippen molar-refractivity contribution in [1.82, 2.24) is 10.2 Å². The summed E-state index contributed by atoms with van der Waals surface area (Å²) in [6.07, 6.45) is -1.65. The number of amides is 2. The van der Waals surface area contributed by atoms with Crippen LogP contribution in [0.3, 0.4) is 0 Å². The molecule has 1 heterocycles. The van der Waals surface area contributed by atoms with Gasteiger partial charge in [0.15, 0.2) is 24.2 Å². The molecule has 0 aliphatic carbocycles. The van der Waals surface area contributed by atoms with Crippen LogP contribution in [-0.2, 0) is 39.8 Å². The van der Waals surface area contributed by atoms with Gasteiger partial charge in [0.1, 0.15) is 12.3 Å². The lowest BCUT2D eigenvalue weighted by molar-refractivity contribution is -0.266. The van der Waals surface area contributed by atoms with Crippen molar-refractivity contribution in [3.8, 4) is 0 Å². The van der Waals surface area contributed by atoms with Gasteiger partial charge in [0.2, 0.25) is 5.91 Å². The Balaban J connectivity index is 1.61. The van der Waals surface area contributed by atoms with E-state index in [9.17, 15) is 14.4 Å². The molecule has 2 atom stereocenters. The minimum absolute atomic E-state index is 0.0462. The number of hydrogen-bond acceptors (Lipinski definition) is 7. The zero-order valence-electron chi connectivity index (χ0n) is 26.5. The second-order valence-corrected chi connectivity index (χ2v) is 11.1. The average Bonchev–Trinajstić information content (AvgIpc) is 3.03. The van der Waals surface area contributed by atoms with Gasteiger partial charge in [-0.2, -0.15) is 0 Å². The fourth-order valence-corrected chi connectivity index (χ4v) is 5.27. The first-order chi connectivity index (χ1) is 21.7. The molecule has 0 unspecified atom stereocenters. The summed E-state index contributed by atoms with van der Waals surface area (Å²) in [5.41, 5.74) is 2.96. The van der Waals surface area contributed by atoms with Crippen LogP contribution in [0.15, 0.2) is 102 Å². The van der Waals surface area contributed by atoms with E-state index in [1.807, 2.05) is 105 Å². The van der Waals surface area contributed by atoms with Crippen molar-refractivity contribution in [1.29, 1.82) is 0 Å². The predicted molar refractivity (Wildman–Crippen MR) is 170 cm³/mol. The molecule has 1 N–H and O–H groups in total. The monoisotopic (exact) mass is 614 g/mol. The molecule has 2 amide bonds. The third kappa shape index (κ3) is 8.45. The van der Waals surface area contributed by atoms with Gasteiger partial charge >= 0.3 is 5.97 Å². The van der Waals surface area contributed by atoms with Crippen LogP contribution in [0.25, 0.3) is 0 Å². The first kappa shape index (κ1) is 33.6. The molecule has 4 rings (SSSR count). The summed E-state index contributed by atoms with van der Waals surface area (Å²) < 4.78 is 24.0. The van der Waals surface area contributed by atoms with Crippen molar-refractivity contribution >= 4 is 17.8 Å². The number of nitrogens with zero attached hydrogens (tertiary/aromatic N) is 1. The van der Waals surface area contributed by atoms with E-state index < -0.39 is 36.0 Å². The van der Waals surface area contributed by atoms with Gasteiger partial charge in [-0.1, -0.05) is 91.0 Å². The summed E-state index contributed by atoms with van der Waals surface area (Å²) in [6, 6.07) is 27.0. The quantitative estimate of drug-likeness (QED) is 0.107. The number of carbonyl (C=O) groups is 3. The fraction of sp³-hybridized carbons (Fsp3) is 0.361. The lowest BCUT2D eigenvalue weighted by Gasteiger charge is -2.48. The minimum atomic E-state index is -1.11. The Hall–Kier alpha value is -4.31. The van der Waals surface area contributed by atoms with Crippen molar-refractivity contribution in [2.75, 3.05) is 19.8 Å². The molecular formula is C36H42N2O7. The Bertz CT molecular complexity index is 1410. The largest absolute Gasteiger partial charge is 0.448 e. The van der Waals surface area contributed by atoms with E-state index >= 15 is 0 Å². The maximum Gasteiger partial charge on any atom is 0.356 e. The van der Waals surface area contributed by atoms with Gasteiger partial charge < -0.3 is 24.3 Å². The number of ether oxygens (including phenoxy) is 4. The molecular weight excluding hydrogens is 572 g/mol. The molecule has 0 radical (unpaired) electrons. The van der Waals surface area contributed by atoms with Crippen LogP contribution >= 0.6 is 0 Å². The Morgan fingerprint density at radius 1 is 0.844 bits per heavy atom. The molecule has 3 aromatic carbocycles. The zero-order valence-corrected chi connectivity index (χ0v) is 26.5. The Labute approximate surface area is 265 Å². The van der Waals surface area contributed by atoms with Crippen molar-refractivity contribution in [3.63, 3.8) is 0 Å². The number of β-lactam (4-membered cyclic amide) rings is 1. The summed E-state index contributed by atoms with van der Waals surface area (Å²) in [7, 11) is 0. The minimum Gasteiger partial charge on any atom is -0.448 e. The van der Waals surface area contributed by atoms with Crippen molar-refractivity contribution in [3.05, 3.63) is 119 Å². The van der Waals surface area contributed by atoms with Crippen LogP contribution in [-0.4, -0.2) is 60.6 Å². The summed E-state index contributed by atoms with van der Waals surface area (Å²) in [6.45, 7) is 9.57. The SMILES string of the molecule is CCOC(C)(CO[C@H]1[C@@H](NC(=O)Cc2ccccc2)C(=O)N1C(C(=O)OC(c1ccccc1)c1ccccc1)=C(C)C)OCC. The molecule has 1 saturated heterocycles. The third-order valence-electron chi connectivity index (χ3n) is 7.32. The molecule has 9 nitrogen and oxygen atoms in total. The number of rotatable bonds is 15. The summed E-state index contributed by atoms with van der Waals surface area (Å²) >= 11 is 0. The maximum atomic E-state index is 14.0. The van der Waals surface area contributed by atoms with E-state index in [0.29, 0.717) is 18.8 Å². The molecule has 0 saturated carbocycles. The second kappa shape index (κ2) is 15.6. The van der Waals surface area contributed by atoms with Gasteiger partial charge in [0.25, 0.3) is 5.91 Å². The van der Waals surface area contributed by atoms with Crippen molar-refractivity contribution < 1.29 is 33.3 Å². The molecule has 0 bridgehead atoms. The smallest absolute Gasteiger partial charge is 0.356 e. The van der Waals surface area contributed by atoms with E-state index in [1.165, 1.54) is 4.90 Å². The predicted octanol–water partition coefficient (Wildman–Crippen LogP) is 5.31. The lowest BCUT2D eigenvalue weighted by Crippen LogP contribution is -2.72. The van der Waals surface area contributed by atoms with E-state index in [-0.39, 0.29) is 24.6 Å². The number of carbonyl (C=O) groups excluding carboxylic acids is 3. The topological polar surface area (TPSA) is 103 Å². The summed E-state index contributed by atoms with van der Waals surface area (Å²) in [4.78, 5) is 42.0. The van der Waals surface area contributed by atoms with Crippen LogP contribution in [0.4, 0.5) is 0 Å². The number of likely N-dealkylation sites (tertiary alicyclic amines) is 1. The summed E-state index contributed by atoms with van der Waals surface area (Å²) in [5.74, 6) is -2.63. The Kier molecular flexibility index (Phi) is 11.6. The highest BCUT2D eigenvalue weighted by molar-refractivity contribution is 6.01. The molecule has 1 fully saturated rings. The maximum absolute atomic E-state index is 14.0. The molecule has 3 aromatic rings. The number of benzene rings is 3. The van der Waals surface area contributed by atoms with E-state index in [1.54, 1.807) is 20.8 Å². The number of esters is 1. The number of nitrogens with one attached hydrogen (secondary N) is 1. The van der Waals surface area contributed by atoms with E-state index in [0.717, 1.165) is 16.7 Å². The lowest BCUT2D eigenvalue weighted by atomic mass is 9.99.